The number of aromatic nitrogens is 1. The van der Waals surface area contributed by atoms with Crippen LogP contribution in [0, 0.1) is 0 Å². The van der Waals surface area contributed by atoms with Gasteiger partial charge >= 0.3 is 6.09 Å². The number of carbonyl (C=O) groups is 1. The highest BCUT2D eigenvalue weighted by Gasteiger charge is 2.20. The molecule has 1 aromatic carbocycles. The molecule has 1 unspecified atom stereocenters. The Balaban J connectivity index is 1.96. The molecule has 0 bridgehead atoms. The SMILES string of the molecule is CC(C)(C)OC(=O)NC(CNCc1cnco1)c1ccccc1. The van der Waals surface area contributed by atoms with Crippen molar-refractivity contribution in [3.63, 3.8) is 0 Å². The summed E-state index contributed by atoms with van der Waals surface area (Å²) in [5, 5.41) is 6.15. The van der Waals surface area contributed by atoms with Crippen molar-refractivity contribution in [2.45, 2.75) is 39.0 Å². The van der Waals surface area contributed by atoms with Crippen molar-refractivity contribution < 1.29 is 13.9 Å². The average molecular weight is 317 g/mol. The van der Waals surface area contributed by atoms with Gasteiger partial charge in [0.05, 0.1) is 18.8 Å². The molecule has 0 spiro atoms. The number of nitrogens with one attached hydrogen (secondary N) is 2. The lowest BCUT2D eigenvalue weighted by molar-refractivity contribution is 0.0503. The van der Waals surface area contributed by atoms with Gasteiger partial charge in [-0.2, -0.15) is 0 Å². The number of amides is 1. The zero-order chi connectivity index (χ0) is 16.7. The van der Waals surface area contributed by atoms with Crippen molar-refractivity contribution in [3.8, 4) is 0 Å². The van der Waals surface area contributed by atoms with Gasteiger partial charge in [0.25, 0.3) is 0 Å². The van der Waals surface area contributed by atoms with Crippen LogP contribution in [0.5, 0.6) is 0 Å². The number of hydrogen-bond donors (Lipinski definition) is 2. The summed E-state index contributed by atoms with van der Waals surface area (Å²) < 4.78 is 10.5. The number of nitrogens with zero attached hydrogens (tertiary/aromatic N) is 1. The van der Waals surface area contributed by atoms with Crippen LogP contribution in [0.15, 0.2) is 47.3 Å². The van der Waals surface area contributed by atoms with Crippen molar-refractivity contribution in [1.29, 1.82) is 0 Å². The Labute approximate surface area is 136 Å². The summed E-state index contributed by atoms with van der Waals surface area (Å²) in [6.07, 6.45) is 2.61. The summed E-state index contributed by atoms with van der Waals surface area (Å²) in [7, 11) is 0. The maximum atomic E-state index is 12.0. The molecule has 0 aliphatic rings. The summed E-state index contributed by atoms with van der Waals surface area (Å²) in [6.45, 7) is 6.61. The highest BCUT2D eigenvalue weighted by molar-refractivity contribution is 5.68. The highest BCUT2D eigenvalue weighted by atomic mass is 16.6. The third-order valence-electron chi connectivity index (χ3n) is 3.02. The molecule has 2 N–H and O–H groups in total. The zero-order valence-corrected chi connectivity index (χ0v) is 13.7. The quantitative estimate of drug-likeness (QED) is 0.856. The van der Waals surface area contributed by atoms with Crippen molar-refractivity contribution in [3.05, 3.63) is 54.2 Å². The largest absolute Gasteiger partial charge is 0.447 e. The molecular formula is C17H23N3O3. The molecular weight excluding hydrogens is 294 g/mol. The Morgan fingerprint density at radius 1 is 1.30 bits per heavy atom. The monoisotopic (exact) mass is 317 g/mol. The maximum Gasteiger partial charge on any atom is 0.408 e. The van der Waals surface area contributed by atoms with Gasteiger partial charge in [-0.05, 0) is 26.3 Å². The van der Waals surface area contributed by atoms with Crippen LogP contribution in [0.2, 0.25) is 0 Å². The topological polar surface area (TPSA) is 76.4 Å². The summed E-state index contributed by atoms with van der Waals surface area (Å²) in [5.41, 5.74) is 0.474. The van der Waals surface area contributed by atoms with Gasteiger partial charge in [-0.25, -0.2) is 9.78 Å². The molecule has 1 aromatic heterocycles. The van der Waals surface area contributed by atoms with Crippen LogP contribution in [0.4, 0.5) is 4.79 Å². The van der Waals surface area contributed by atoms with Crippen LogP contribution in [-0.2, 0) is 11.3 Å². The molecule has 6 nitrogen and oxygen atoms in total. The Bertz CT molecular complexity index is 591. The van der Waals surface area contributed by atoms with E-state index in [2.05, 4.69) is 15.6 Å². The summed E-state index contributed by atoms with van der Waals surface area (Å²) in [6, 6.07) is 9.56. The van der Waals surface area contributed by atoms with Crippen molar-refractivity contribution in [2.75, 3.05) is 6.54 Å². The van der Waals surface area contributed by atoms with Gasteiger partial charge in [0.1, 0.15) is 11.4 Å². The minimum absolute atomic E-state index is 0.200. The minimum atomic E-state index is -0.529. The second-order valence-electron chi connectivity index (χ2n) is 6.21. The Morgan fingerprint density at radius 2 is 2.04 bits per heavy atom. The fourth-order valence-electron chi connectivity index (χ4n) is 2.06. The molecule has 2 aromatic rings. The van der Waals surface area contributed by atoms with E-state index in [0.29, 0.717) is 13.1 Å². The van der Waals surface area contributed by atoms with E-state index in [0.717, 1.165) is 11.3 Å². The van der Waals surface area contributed by atoms with E-state index in [4.69, 9.17) is 9.15 Å². The summed E-state index contributed by atoms with van der Waals surface area (Å²) >= 11 is 0. The number of ether oxygens (including phenoxy) is 1. The van der Waals surface area contributed by atoms with E-state index in [1.165, 1.54) is 6.39 Å². The molecule has 1 atom stereocenters. The fraction of sp³-hybridized carbons (Fsp3) is 0.412. The predicted octanol–water partition coefficient (Wildman–Crippen LogP) is 3.03. The molecule has 0 aliphatic carbocycles. The number of alkyl carbamates (subject to hydrolysis) is 1. The summed E-state index contributed by atoms with van der Waals surface area (Å²) in [4.78, 5) is 15.9. The van der Waals surface area contributed by atoms with Crippen LogP contribution < -0.4 is 10.6 Å². The van der Waals surface area contributed by atoms with Crippen molar-refractivity contribution in [2.24, 2.45) is 0 Å². The molecule has 0 saturated carbocycles. The first-order chi connectivity index (χ1) is 10.9. The molecule has 23 heavy (non-hydrogen) atoms. The number of oxazole rings is 1. The standard InChI is InChI=1S/C17H23N3O3/c1-17(2,3)23-16(21)20-15(13-7-5-4-6-8-13)11-18-9-14-10-19-12-22-14/h4-8,10,12,15,18H,9,11H2,1-3H3,(H,20,21). The van der Waals surface area contributed by atoms with Gasteiger partial charge < -0.3 is 19.8 Å². The molecule has 124 valence electrons. The van der Waals surface area contributed by atoms with Gasteiger partial charge in [0.15, 0.2) is 6.39 Å². The van der Waals surface area contributed by atoms with Gasteiger partial charge in [-0.3, -0.25) is 0 Å². The lowest BCUT2D eigenvalue weighted by Crippen LogP contribution is -2.39. The molecule has 1 heterocycles. The van der Waals surface area contributed by atoms with Gasteiger partial charge in [0.2, 0.25) is 0 Å². The van der Waals surface area contributed by atoms with Crippen LogP contribution in [-0.4, -0.2) is 23.2 Å². The number of hydrogen-bond acceptors (Lipinski definition) is 5. The molecule has 0 radical (unpaired) electrons. The van der Waals surface area contributed by atoms with E-state index in [-0.39, 0.29) is 6.04 Å². The molecule has 1 amide bonds. The second kappa shape index (κ2) is 7.78. The lowest BCUT2D eigenvalue weighted by atomic mass is 10.1. The fourth-order valence-corrected chi connectivity index (χ4v) is 2.06. The first-order valence-electron chi connectivity index (χ1n) is 7.56. The first kappa shape index (κ1) is 17.0. The smallest absolute Gasteiger partial charge is 0.408 e. The molecule has 6 heteroatoms. The van der Waals surface area contributed by atoms with Gasteiger partial charge in [0, 0.05) is 6.54 Å². The molecule has 0 fully saturated rings. The molecule has 0 aliphatic heterocycles. The number of rotatable bonds is 6. The van der Waals surface area contributed by atoms with Gasteiger partial charge in [-0.15, -0.1) is 0 Å². The number of carbonyl (C=O) groups excluding carboxylic acids is 1. The van der Waals surface area contributed by atoms with Crippen LogP contribution >= 0.6 is 0 Å². The summed E-state index contributed by atoms with van der Waals surface area (Å²) in [5.74, 6) is 0.745. The third kappa shape index (κ3) is 6.12. The van der Waals surface area contributed by atoms with E-state index >= 15 is 0 Å². The maximum absolute atomic E-state index is 12.0. The lowest BCUT2D eigenvalue weighted by Gasteiger charge is -2.24. The zero-order valence-electron chi connectivity index (χ0n) is 13.7. The second-order valence-corrected chi connectivity index (χ2v) is 6.21. The number of benzene rings is 1. The average Bonchev–Trinajstić information content (AvgIpc) is 2.98. The Kier molecular flexibility index (Phi) is 5.76. The van der Waals surface area contributed by atoms with Crippen LogP contribution in [0.3, 0.4) is 0 Å². The van der Waals surface area contributed by atoms with Gasteiger partial charge in [-0.1, -0.05) is 30.3 Å². The van der Waals surface area contributed by atoms with E-state index in [9.17, 15) is 4.79 Å². The first-order valence-corrected chi connectivity index (χ1v) is 7.56. The normalized spacial score (nSPS) is 12.7. The van der Waals surface area contributed by atoms with Crippen LogP contribution in [0.1, 0.15) is 38.1 Å². The molecule has 2 rings (SSSR count). The highest BCUT2D eigenvalue weighted by Crippen LogP contribution is 2.14. The van der Waals surface area contributed by atoms with E-state index < -0.39 is 11.7 Å². The van der Waals surface area contributed by atoms with Crippen LogP contribution in [0.25, 0.3) is 0 Å². The third-order valence-corrected chi connectivity index (χ3v) is 3.02. The van der Waals surface area contributed by atoms with E-state index in [1.807, 2.05) is 51.1 Å². The predicted molar refractivity (Wildman–Crippen MR) is 86.8 cm³/mol. The van der Waals surface area contributed by atoms with Crippen molar-refractivity contribution in [1.82, 2.24) is 15.6 Å². The Hall–Kier alpha value is -2.34. The Morgan fingerprint density at radius 3 is 2.65 bits per heavy atom. The van der Waals surface area contributed by atoms with E-state index in [1.54, 1.807) is 6.20 Å². The molecule has 0 saturated heterocycles. The van der Waals surface area contributed by atoms with Crippen molar-refractivity contribution >= 4 is 6.09 Å². The minimum Gasteiger partial charge on any atom is -0.447 e.